The molecule has 0 unspecified atom stereocenters. The number of benzene rings is 1. The molecule has 1 amide bonds. The third-order valence-corrected chi connectivity index (χ3v) is 4.95. The van der Waals surface area contributed by atoms with E-state index in [1.54, 1.807) is 25.3 Å². The first-order valence-electron chi connectivity index (χ1n) is 8.53. The van der Waals surface area contributed by atoms with Crippen LogP contribution >= 0.6 is 23.2 Å². The Balaban J connectivity index is 1.74. The van der Waals surface area contributed by atoms with Gasteiger partial charge in [-0.15, -0.1) is 0 Å². The topological polar surface area (TPSA) is 64.8 Å². The van der Waals surface area contributed by atoms with Crippen LogP contribution in [0.4, 0.5) is 0 Å². The van der Waals surface area contributed by atoms with E-state index in [-0.39, 0.29) is 12.3 Å². The summed E-state index contributed by atoms with van der Waals surface area (Å²) >= 11 is 12.4. The number of hydrazone groups is 1. The minimum Gasteiger partial charge on any atom is -0.347 e. The van der Waals surface area contributed by atoms with E-state index in [1.165, 1.54) is 0 Å². The third kappa shape index (κ3) is 4.52. The molecule has 1 aliphatic rings. The molecule has 2 aromatic rings. The van der Waals surface area contributed by atoms with Gasteiger partial charge in [0.05, 0.1) is 36.6 Å². The highest BCUT2D eigenvalue weighted by molar-refractivity contribution is 6.34. The van der Waals surface area contributed by atoms with E-state index in [1.807, 2.05) is 30.5 Å². The van der Waals surface area contributed by atoms with E-state index >= 15 is 0 Å². The van der Waals surface area contributed by atoms with Crippen LogP contribution in [0, 0.1) is 13.8 Å². The highest BCUT2D eigenvalue weighted by Gasteiger charge is 2.33. The number of rotatable bonds is 5. The number of carbonyl (C=O) groups is 1. The molecule has 0 saturated carbocycles. The second-order valence-electron chi connectivity index (χ2n) is 6.56. The Hall–Kier alpha value is -1.86. The average molecular weight is 410 g/mol. The number of ether oxygens (including phenoxy) is 2. The number of hydrogen-bond acceptors (Lipinski definition) is 4. The van der Waals surface area contributed by atoms with Crippen molar-refractivity contribution >= 4 is 35.3 Å². The van der Waals surface area contributed by atoms with Crippen molar-refractivity contribution in [2.75, 3.05) is 13.2 Å². The summed E-state index contributed by atoms with van der Waals surface area (Å²) in [5, 5.41) is 5.26. The van der Waals surface area contributed by atoms with Crippen LogP contribution in [0.2, 0.25) is 10.0 Å². The van der Waals surface area contributed by atoms with E-state index in [2.05, 4.69) is 10.5 Å². The molecule has 0 spiro atoms. The lowest BCUT2D eigenvalue weighted by Crippen LogP contribution is -2.33. The maximum absolute atomic E-state index is 12.0. The number of nitrogens with one attached hydrogen (secondary N) is 1. The molecule has 0 aliphatic carbocycles. The summed E-state index contributed by atoms with van der Waals surface area (Å²) in [7, 11) is 0. The van der Waals surface area contributed by atoms with Crippen molar-refractivity contribution in [3.8, 4) is 5.69 Å². The molecule has 8 heteroatoms. The van der Waals surface area contributed by atoms with E-state index in [9.17, 15) is 4.79 Å². The van der Waals surface area contributed by atoms with Gasteiger partial charge in [0.15, 0.2) is 5.79 Å². The van der Waals surface area contributed by atoms with Gasteiger partial charge in [0.1, 0.15) is 0 Å². The molecule has 3 rings (SSSR count). The maximum Gasteiger partial charge on any atom is 0.245 e. The number of carbonyl (C=O) groups excluding carboxylic acids is 1. The van der Waals surface area contributed by atoms with Crippen molar-refractivity contribution in [2.24, 2.45) is 5.10 Å². The number of hydrogen-bond donors (Lipinski definition) is 1. The van der Waals surface area contributed by atoms with Crippen LogP contribution in [-0.2, 0) is 14.3 Å². The highest BCUT2D eigenvalue weighted by atomic mass is 35.5. The molecule has 6 nitrogen and oxygen atoms in total. The standard InChI is InChI=1S/C19H21Cl2N3O3/c1-12-8-14(11-22-23-18(25)10-19(3)26-6-7-27-19)13(2)24(12)17-9-15(20)4-5-16(17)21/h4-5,8-9,11H,6-7,10H2,1-3H3,(H,23,25)/b22-11-. The van der Waals surface area contributed by atoms with E-state index in [4.69, 9.17) is 32.7 Å². The summed E-state index contributed by atoms with van der Waals surface area (Å²) < 4.78 is 12.8. The zero-order valence-corrected chi connectivity index (χ0v) is 16.9. The predicted molar refractivity (Wildman–Crippen MR) is 106 cm³/mol. The molecule has 1 aliphatic heterocycles. The van der Waals surface area contributed by atoms with Crippen LogP contribution in [0.1, 0.15) is 30.3 Å². The van der Waals surface area contributed by atoms with Gasteiger partial charge in [-0.2, -0.15) is 5.10 Å². The number of aromatic nitrogens is 1. The molecule has 1 aromatic carbocycles. The number of halogens is 2. The second kappa shape index (κ2) is 8.02. The Morgan fingerprint density at radius 3 is 2.70 bits per heavy atom. The Kier molecular flexibility index (Phi) is 5.91. The third-order valence-electron chi connectivity index (χ3n) is 4.39. The molecule has 144 valence electrons. The number of nitrogens with zero attached hydrogens (tertiary/aromatic N) is 2. The van der Waals surface area contributed by atoms with Crippen molar-refractivity contribution in [1.82, 2.24) is 9.99 Å². The molecule has 0 atom stereocenters. The van der Waals surface area contributed by atoms with Crippen molar-refractivity contribution in [1.29, 1.82) is 0 Å². The average Bonchev–Trinajstić information content (AvgIpc) is 3.14. The van der Waals surface area contributed by atoms with Gasteiger partial charge in [0, 0.05) is 22.0 Å². The molecular weight excluding hydrogens is 389 g/mol. The minimum absolute atomic E-state index is 0.0848. The molecule has 27 heavy (non-hydrogen) atoms. The molecule has 1 saturated heterocycles. The largest absolute Gasteiger partial charge is 0.347 e. The molecule has 0 radical (unpaired) electrons. The van der Waals surface area contributed by atoms with Crippen LogP contribution in [-0.4, -0.2) is 35.7 Å². The van der Waals surface area contributed by atoms with Crippen molar-refractivity contribution in [3.63, 3.8) is 0 Å². The van der Waals surface area contributed by atoms with Gasteiger partial charge in [0.2, 0.25) is 5.91 Å². The quantitative estimate of drug-likeness (QED) is 0.599. The summed E-state index contributed by atoms with van der Waals surface area (Å²) in [6, 6.07) is 7.29. The molecule has 2 heterocycles. The van der Waals surface area contributed by atoms with E-state index in [0.29, 0.717) is 23.3 Å². The Bertz CT molecular complexity index is 887. The highest BCUT2D eigenvalue weighted by Crippen LogP contribution is 2.28. The van der Waals surface area contributed by atoms with Gasteiger partial charge >= 0.3 is 0 Å². The first kappa shape index (κ1) is 19.9. The number of amides is 1. The van der Waals surface area contributed by atoms with Crippen molar-refractivity contribution in [3.05, 3.63) is 51.3 Å². The summed E-state index contributed by atoms with van der Waals surface area (Å²) in [6.45, 7) is 6.65. The zero-order valence-electron chi connectivity index (χ0n) is 15.4. The van der Waals surface area contributed by atoms with E-state index < -0.39 is 5.79 Å². The monoisotopic (exact) mass is 409 g/mol. The van der Waals surface area contributed by atoms with Crippen LogP contribution < -0.4 is 5.43 Å². The second-order valence-corrected chi connectivity index (χ2v) is 7.40. The molecule has 1 fully saturated rings. The Morgan fingerprint density at radius 2 is 2.00 bits per heavy atom. The first-order valence-corrected chi connectivity index (χ1v) is 9.29. The fourth-order valence-corrected chi connectivity index (χ4v) is 3.48. The zero-order chi connectivity index (χ0) is 19.6. The maximum atomic E-state index is 12.0. The summed E-state index contributed by atoms with van der Waals surface area (Å²) in [5.41, 5.74) is 6.09. The van der Waals surface area contributed by atoms with E-state index in [0.717, 1.165) is 22.6 Å². The van der Waals surface area contributed by atoms with Gasteiger partial charge in [-0.05, 0) is 45.0 Å². The smallest absolute Gasteiger partial charge is 0.245 e. The number of aryl methyl sites for hydroxylation is 1. The minimum atomic E-state index is -0.876. The SMILES string of the molecule is Cc1cc(/C=N\NC(=O)CC2(C)OCCO2)c(C)n1-c1cc(Cl)ccc1Cl. The fraction of sp³-hybridized carbons (Fsp3) is 0.368. The van der Waals surface area contributed by atoms with Gasteiger partial charge < -0.3 is 14.0 Å². The molecular formula is C19H21Cl2N3O3. The lowest BCUT2D eigenvalue weighted by molar-refractivity contribution is -0.159. The Labute approximate surface area is 168 Å². The van der Waals surface area contributed by atoms with Gasteiger partial charge in [-0.3, -0.25) is 4.79 Å². The summed E-state index contributed by atoms with van der Waals surface area (Å²) in [5.74, 6) is -1.15. The normalized spacial score (nSPS) is 16.2. The lowest BCUT2D eigenvalue weighted by atomic mass is 10.2. The predicted octanol–water partition coefficient (Wildman–Crippen LogP) is 4.00. The lowest BCUT2D eigenvalue weighted by Gasteiger charge is -2.20. The van der Waals surface area contributed by atoms with Crippen molar-refractivity contribution in [2.45, 2.75) is 33.0 Å². The molecule has 0 bridgehead atoms. The van der Waals surface area contributed by atoms with Crippen LogP contribution in [0.15, 0.2) is 29.4 Å². The Morgan fingerprint density at radius 1 is 1.30 bits per heavy atom. The van der Waals surface area contributed by atoms with Crippen LogP contribution in [0.5, 0.6) is 0 Å². The first-order chi connectivity index (χ1) is 12.8. The van der Waals surface area contributed by atoms with Gasteiger partial charge in [0.25, 0.3) is 0 Å². The van der Waals surface area contributed by atoms with Gasteiger partial charge in [-0.25, -0.2) is 5.43 Å². The van der Waals surface area contributed by atoms with Crippen molar-refractivity contribution < 1.29 is 14.3 Å². The van der Waals surface area contributed by atoms with Crippen LogP contribution in [0.25, 0.3) is 5.69 Å². The summed E-state index contributed by atoms with van der Waals surface area (Å²) in [4.78, 5) is 12.0. The summed E-state index contributed by atoms with van der Waals surface area (Å²) in [6.07, 6.45) is 1.69. The van der Waals surface area contributed by atoms with Crippen LogP contribution in [0.3, 0.4) is 0 Å². The molecule has 1 aromatic heterocycles. The fourth-order valence-electron chi connectivity index (χ4n) is 3.11. The van der Waals surface area contributed by atoms with Gasteiger partial charge in [-0.1, -0.05) is 23.2 Å². The molecule has 1 N–H and O–H groups in total.